The molecule has 0 radical (unpaired) electrons. The van der Waals surface area contributed by atoms with E-state index in [1.54, 1.807) is 0 Å². The normalized spacial score (nSPS) is 11.5. The third-order valence-corrected chi connectivity index (χ3v) is 4.44. The second kappa shape index (κ2) is 7.23. The second-order valence-electron chi connectivity index (χ2n) is 7.13. The van der Waals surface area contributed by atoms with E-state index in [2.05, 4.69) is 75.5 Å². The van der Waals surface area contributed by atoms with Gasteiger partial charge in [-0.15, -0.1) is 0 Å². The predicted molar refractivity (Wildman–Crippen MR) is 102 cm³/mol. The Hall–Kier alpha value is -2.06. The summed E-state index contributed by atoms with van der Waals surface area (Å²) >= 11 is 0. The third-order valence-electron chi connectivity index (χ3n) is 4.44. The largest absolute Gasteiger partial charge is 0.459 e. The summed E-state index contributed by atoms with van der Waals surface area (Å²) in [6.45, 7) is 10.5. The van der Waals surface area contributed by atoms with Crippen LogP contribution in [0.5, 0.6) is 0 Å². The van der Waals surface area contributed by atoms with Crippen LogP contribution in [0.15, 0.2) is 46.9 Å². The number of aryl methyl sites for hydroxylation is 2. The molecule has 0 saturated carbocycles. The summed E-state index contributed by atoms with van der Waals surface area (Å²) < 4.78 is 6.18. The number of hydrogen-bond donors (Lipinski definition) is 1. The van der Waals surface area contributed by atoms with Gasteiger partial charge in [-0.25, -0.2) is 0 Å². The lowest BCUT2D eigenvalue weighted by molar-refractivity contribution is 0.488. The average Bonchev–Trinajstić information content (AvgIpc) is 2.90. The van der Waals surface area contributed by atoms with Crippen molar-refractivity contribution < 1.29 is 4.42 Å². The van der Waals surface area contributed by atoms with Crippen molar-refractivity contribution in [3.05, 3.63) is 59.4 Å². The molecule has 0 saturated heterocycles. The zero-order chi connectivity index (χ0) is 17.1. The van der Waals surface area contributed by atoms with Crippen molar-refractivity contribution in [1.29, 1.82) is 0 Å². The van der Waals surface area contributed by atoms with E-state index in [1.807, 2.05) is 0 Å². The van der Waals surface area contributed by atoms with Crippen LogP contribution in [-0.4, -0.2) is 6.54 Å². The van der Waals surface area contributed by atoms with E-state index in [0.717, 1.165) is 24.4 Å². The van der Waals surface area contributed by atoms with Gasteiger partial charge in [-0.2, -0.15) is 0 Å². The highest BCUT2D eigenvalue weighted by Crippen LogP contribution is 2.35. The van der Waals surface area contributed by atoms with Crippen LogP contribution in [0.4, 0.5) is 0 Å². The molecule has 1 N–H and O–H groups in total. The summed E-state index contributed by atoms with van der Waals surface area (Å²) in [6, 6.07) is 15.1. The SMILES string of the molecule is Cc1ccc(-c2c(CNCCC(C)C)oc3ccc(C)cc23)cc1. The van der Waals surface area contributed by atoms with Gasteiger partial charge in [0.05, 0.1) is 6.54 Å². The van der Waals surface area contributed by atoms with Gasteiger partial charge in [0.1, 0.15) is 11.3 Å². The van der Waals surface area contributed by atoms with E-state index in [9.17, 15) is 0 Å². The Kier molecular flexibility index (Phi) is 5.06. The van der Waals surface area contributed by atoms with Gasteiger partial charge in [0.25, 0.3) is 0 Å². The van der Waals surface area contributed by atoms with Gasteiger partial charge in [-0.3, -0.25) is 0 Å². The molecular weight excluding hydrogens is 294 g/mol. The van der Waals surface area contributed by atoms with Crippen LogP contribution in [0.25, 0.3) is 22.1 Å². The summed E-state index contributed by atoms with van der Waals surface area (Å²) in [5, 5.41) is 4.74. The average molecular weight is 321 g/mol. The van der Waals surface area contributed by atoms with Gasteiger partial charge < -0.3 is 9.73 Å². The number of hydrogen-bond acceptors (Lipinski definition) is 2. The number of benzene rings is 2. The standard InChI is InChI=1S/C22H27NO/c1-15(2)11-12-23-14-21-22(18-8-5-16(3)6-9-18)19-13-17(4)7-10-20(19)24-21/h5-10,13,15,23H,11-12,14H2,1-4H3. The zero-order valence-corrected chi connectivity index (χ0v) is 15.1. The molecule has 126 valence electrons. The Morgan fingerprint density at radius 1 is 0.958 bits per heavy atom. The van der Waals surface area contributed by atoms with Crippen LogP contribution in [0.3, 0.4) is 0 Å². The molecule has 0 spiro atoms. The monoisotopic (exact) mass is 321 g/mol. The minimum Gasteiger partial charge on any atom is -0.459 e. The molecule has 1 heterocycles. The molecule has 2 heteroatoms. The lowest BCUT2D eigenvalue weighted by atomic mass is 9.99. The number of furan rings is 1. The summed E-state index contributed by atoms with van der Waals surface area (Å²) in [4.78, 5) is 0. The van der Waals surface area contributed by atoms with E-state index in [-0.39, 0.29) is 0 Å². The smallest absolute Gasteiger partial charge is 0.135 e. The van der Waals surface area contributed by atoms with Crippen molar-refractivity contribution in [2.24, 2.45) is 5.92 Å². The Bertz CT molecular complexity index is 812. The summed E-state index contributed by atoms with van der Waals surface area (Å²) in [5.74, 6) is 1.75. The van der Waals surface area contributed by atoms with Gasteiger partial charge in [-0.1, -0.05) is 55.3 Å². The van der Waals surface area contributed by atoms with Crippen LogP contribution in [0.2, 0.25) is 0 Å². The van der Waals surface area contributed by atoms with E-state index in [0.29, 0.717) is 5.92 Å². The van der Waals surface area contributed by atoms with E-state index >= 15 is 0 Å². The van der Waals surface area contributed by atoms with Gasteiger partial charge in [0.15, 0.2) is 0 Å². The van der Waals surface area contributed by atoms with Crippen molar-refractivity contribution in [2.45, 2.75) is 40.7 Å². The highest BCUT2D eigenvalue weighted by Gasteiger charge is 2.16. The number of fused-ring (bicyclic) bond motifs is 1. The molecule has 2 aromatic carbocycles. The van der Waals surface area contributed by atoms with Gasteiger partial charge in [0, 0.05) is 10.9 Å². The lowest BCUT2D eigenvalue weighted by Crippen LogP contribution is -2.16. The second-order valence-corrected chi connectivity index (χ2v) is 7.13. The first kappa shape index (κ1) is 16.8. The van der Waals surface area contributed by atoms with Crippen molar-refractivity contribution in [2.75, 3.05) is 6.54 Å². The minimum atomic E-state index is 0.715. The molecule has 0 aliphatic heterocycles. The maximum absolute atomic E-state index is 6.18. The van der Waals surface area contributed by atoms with Crippen LogP contribution < -0.4 is 5.32 Å². The van der Waals surface area contributed by atoms with Crippen LogP contribution >= 0.6 is 0 Å². The number of nitrogens with one attached hydrogen (secondary N) is 1. The van der Waals surface area contributed by atoms with Crippen LogP contribution in [0, 0.1) is 19.8 Å². The van der Waals surface area contributed by atoms with Crippen molar-refractivity contribution >= 4 is 11.0 Å². The first-order valence-corrected chi connectivity index (χ1v) is 8.84. The molecule has 24 heavy (non-hydrogen) atoms. The lowest BCUT2D eigenvalue weighted by Gasteiger charge is -2.08. The van der Waals surface area contributed by atoms with Gasteiger partial charge in [-0.05, 0) is 50.4 Å². The van der Waals surface area contributed by atoms with Crippen LogP contribution in [-0.2, 0) is 6.54 Å². The van der Waals surface area contributed by atoms with Crippen molar-refractivity contribution in [1.82, 2.24) is 5.32 Å². The molecule has 1 aromatic heterocycles. The molecule has 3 aromatic rings. The fourth-order valence-electron chi connectivity index (χ4n) is 3.02. The summed E-state index contributed by atoms with van der Waals surface area (Å²) in [7, 11) is 0. The van der Waals surface area contributed by atoms with E-state index < -0.39 is 0 Å². The summed E-state index contributed by atoms with van der Waals surface area (Å²) in [5.41, 5.74) is 5.96. The third kappa shape index (κ3) is 3.70. The maximum Gasteiger partial charge on any atom is 0.135 e. The molecule has 0 atom stereocenters. The molecule has 0 fully saturated rings. The first-order chi connectivity index (χ1) is 11.5. The Labute approximate surface area is 144 Å². The molecule has 0 aliphatic rings. The fraction of sp³-hybridized carbons (Fsp3) is 0.364. The Morgan fingerprint density at radius 3 is 2.38 bits per heavy atom. The quantitative estimate of drug-likeness (QED) is 0.576. The molecule has 0 unspecified atom stereocenters. The van der Waals surface area contributed by atoms with Crippen LogP contribution in [0.1, 0.15) is 37.2 Å². The topological polar surface area (TPSA) is 25.2 Å². The first-order valence-electron chi connectivity index (χ1n) is 8.84. The van der Waals surface area contributed by atoms with Gasteiger partial charge >= 0.3 is 0 Å². The number of rotatable bonds is 6. The van der Waals surface area contributed by atoms with E-state index in [4.69, 9.17) is 4.42 Å². The maximum atomic E-state index is 6.18. The Balaban J connectivity index is 1.97. The van der Waals surface area contributed by atoms with Crippen molar-refractivity contribution in [3.63, 3.8) is 0 Å². The summed E-state index contributed by atoms with van der Waals surface area (Å²) in [6.07, 6.45) is 1.18. The molecule has 2 nitrogen and oxygen atoms in total. The Morgan fingerprint density at radius 2 is 1.67 bits per heavy atom. The highest BCUT2D eigenvalue weighted by atomic mass is 16.3. The van der Waals surface area contributed by atoms with E-state index in [1.165, 1.54) is 34.1 Å². The fourth-order valence-corrected chi connectivity index (χ4v) is 3.02. The molecule has 3 rings (SSSR count). The molecular formula is C22H27NO. The predicted octanol–water partition coefficient (Wildman–Crippen LogP) is 5.85. The van der Waals surface area contributed by atoms with Crippen molar-refractivity contribution in [3.8, 4) is 11.1 Å². The minimum absolute atomic E-state index is 0.715. The molecule has 0 bridgehead atoms. The van der Waals surface area contributed by atoms with Gasteiger partial charge in [0.2, 0.25) is 0 Å². The zero-order valence-electron chi connectivity index (χ0n) is 15.1. The highest BCUT2D eigenvalue weighted by molar-refractivity contribution is 5.96. The molecule has 0 amide bonds. The molecule has 0 aliphatic carbocycles.